The minimum absolute atomic E-state index is 0.146. The van der Waals surface area contributed by atoms with Crippen molar-refractivity contribution in [3.05, 3.63) is 29.6 Å². The second-order valence-electron chi connectivity index (χ2n) is 3.58. The molecule has 2 rings (SSSR count). The molecule has 4 nitrogen and oxygen atoms in total. The Bertz CT molecular complexity index is 358. The molecule has 1 saturated carbocycles. The molecule has 0 saturated heterocycles. The first kappa shape index (κ1) is 8.99. The van der Waals surface area contributed by atoms with Crippen LogP contribution in [0.25, 0.3) is 0 Å². The van der Waals surface area contributed by atoms with Gasteiger partial charge in [-0.2, -0.15) is 0 Å². The van der Waals surface area contributed by atoms with Gasteiger partial charge in [0.15, 0.2) is 5.84 Å². The molecule has 74 valence electrons. The maximum absolute atomic E-state index is 8.53. The molecule has 0 unspecified atom stereocenters. The Kier molecular flexibility index (Phi) is 2.35. The lowest BCUT2D eigenvalue weighted by atomic mass is 9.82. The zero-order valence-corrected chi connectivity index (χ0v) is 7.85. The van der Waals surface area contributed by atoms with E-state index in [1.807, 2.05) is 6.07 Å². The molecule has 0 aliphatic heterocycles. The van der Waals surface area contributed by atoms with Crippen LogP contribution in [-0.4, -0.2) is 16.0 Å². The number of rotatable bonds is 2. The first-order valence-corrected chi connectivity index (χ1v) is 4.75. The summed E-state index contributed by atoms with van der Waals surface area (Å²) >= 11 is 0. The first-order chi connectivity index (χ1) is 6.81. The molecule has 14 heavy (non-hydrogen) atoms. The molecule has 0 aromatic carbocycles. The van der Waals surface area contributed by atoms with Crippen molar-refractivity contribution < 1.29 is 5.21 Å². The summed E-state index contributed by atoms with van der Waals surface area (Å²) < 4.78 is 0. The Morgan fingerprint density at radius 3 is 2.93 bits per heavy atom. The van der Waals surface area contributed by atoms with E-state index in [1.54, 1.807) is 12.3 Å². The van der Waals surface area contributed by atoms with Gasteiger partial charge >= 0.3 is 0 Å². The largest absolute Gasteiger partial charge is 0.409 e. The second kappa shape index (κ2) is 3.65. The molecule has 0 amide bonds. The topological polar surface area (TPSA) is 71.5 Å². The van der Waals surface area contributed by atoms with E-state index in [0.717, 1.165) is 11.3 Å². The Hall–Kier alpha value is -1.58. The number of nitrogens with zero attached hydrogens (tertiary/aromatic N) is 2. The van der Waals surface area contributed by atoms with Gasteiger partial charge in [-0.1, -0.05) is 11.6 Å². The van der Waals surface area contributed by atoms with Gasteiger partial charge in [-0.05, 0) is 25.0 Å². The minimum Gasteiger partial charge on any atom is -0.409 e. The Morgan fingerprint density at radius 1 is 1.57 bits per heavy atom. The number of nitrogens with two attached hydrogens (primary N) is 1. The highest BCUT2D eigenvalue weighted by atomic mass is 16.4. The highest BCUT2D eigenvalue weighted by molar-refractivity contribution is 5.96. The number of hydrogen-bond donors (Lipinski definition) is 2. The van der Waals surface area contributed by atoms with Crippen LogP contribution < -0.4 is 5.73 Å². The lowest BCUT2D eigenvalue weighted by Crippen LogP contribution is -2.16. The van der Waals surface area contributed by atoms with E-state index in [0.29, 0.717) is 5.92 Å². The van der Waals surface area contributed by atoms with Crippen LogP contribution in [0.1, 0.15) is 36.4 Å². The third kappa shape index (κ3) is 1.55. The fourth-order valence-electron chi connectivity index (χ4n) is 1.59. The SMILES string of the molecule is N/C(=N\O)c1ccnc(C2CCC2)c1. The smallest absolute Gasteiger partial charge is 0.170 e. The molecule has 1 aromatic heterocycles. The minimum atomic E-state index is 0.146. The van der Waals surface area contributed by atoms with Crippen molar-refractivity contribution in [1.29, 1.82) is 0 Å². The zero-order valence-electron chi connectivity index (χ0n) is 7.85. The van der Waals surface area contributed by atoms with Gasteiger partial charge in [-0.15, -0.1) is 0 Å². The van der Waals surface area contributed by atoms with Crippen LogP contribution in [0, 0.1) is 0 Å². The van der Waals surface area contributed by atoms with Gasteiger partial charge in [0, 0.05) is 23.4 Å². The molecular formula is C10H13N3O. The molecule has 1 fully saturated rings. The van der Waals surface area contributed by atoms with Gasteiger partial charge in [-0.3, -0.25) is 4.98 Å². The summed E-state index contributed by atoms with van der Waals surface area (Å²) in [5, 5.41) is 11.5. The van der Waals surface area contributed by atoms with Crippen molar-refractivity contribution in [2.45, 2.75) is 25.2 Å². The zero-order chi connectivity index (χ0) is 9.97. The van der Waals surface area contributed by atoms with E-state index in [1.165, 1.54) is 19.3 Å². The first-order valence-electron chi connectivity index (χ1n) is 4.75. The van der Waals surface area contributed by atoms with Crippen molar-refractivity contribution in [2.75, 3.05) is 0 Å². The van der Waals surface area contributed by atoms with Crippen molar-refractivity contribution in [1.82, 2.24) is 4.98 Å². The third-order valence-electron chi connectivity index (χ3n) is 2.71. The van der Waals surface area contributed by atoms with E-state index in [9.17, 15) is 0 Å². The van der Waals surface area contributed by atoms with Gasteiger partial charge in [0.05, 0.1) is 0 Å². The number of pyridine rings is 1. The van der Waals surface area contributed by atoms with Crippen LogP contribution >= 0.6 is 0 Å². The molecular weight excluding hydrogens is 178 g/mol. The average molecular weight is 191 g/mol. The maximum Gasteiger partial charge on any atom is 0.170 e. The molecule has 1 aliphatic carbocycles. The Balaban J connectivity index is 2.26. The summed E-state index contributed by atoms with van der Waals surface area (Å²) in [6.07, 6.45) is 5.39. The van der Waals surface area contributed by atoms with E-state index < -0.39 is 0 Å². The fourth-order valence-corrected chi connectivity index (χ4v) is 1.59. The molecule has 1 heterocycles. The molecule has 0 spiro atoms. The summed E-state index contributed by atoms with van der Waals surface area (Å²) in [6.45, 7) is 0. The highest BCUT2D eigenvalue weighted by Gasteiger charge is 2.20. The molecule has 0 bridgehead atoms. The summed E-state index contributed by atoms with van der Waals surface area (Å²) in [5.41, 5.74) is 7.29. The average Bonchev–Trinajstić information content (AvgIpc) is 2.14. The van der Waals surface area contributed by atoms with E-state index >= 15 is 0 Å². The van der Waals surface area contributed by atoms with E-state index in [-0.39, 0.29) is 5.84 Å². The summed E-state index contributed by atoms with van der Waals surface area (Å²) in [5.74, 6) is 0.717. The standard InChI is InChI=1S/C10H13N3O/c11-10(13-14)8-4-5-12-9(6-8)7-2-1-3-7/h4-7,14H,1-3H2,(H2,11,13). The number of oxime groups is 1. The van der Waals surface area contributed by atoms with Crippen molar-refractivity contribution in [3.8, 4) is 0 Å². The third-order valence-corrected chi connectivity index (χ3v) is 2.71. The number of amidine groups is 1. The van der Waals surface area contributed by atoms with Crippen molar-refractivity contribution >= 4 is 5.84 Å². The van der Waals surface area contributed by atoms with Crippen LogP contribution in [0.15, 0.2) is 23.5 Å². The lowest BCUT2D eigenvalue weighted by Gasteiger charge is -2.24. The monoisotopic (exact) mass is 191 g/mol. The van der Waals surface area contributed by atoms with Gasteiger partial charge in [0.25, 0.3) is 0 Å². The van der Waals surface area contributed by atoms with E-state index in [2.05, 4.69) is 10.1 Å². The van der Waals surface area contributed by atoms with Crippen LogP contribution in [0.3, 0.4) is 0 Å². The van der Waals surface area contributed by atoms with Crippen LogP contribution in [0.5, 0.6) is 0 Å². The fraction of sp³-hybridized carbons (Fsp3) is 0.400. The summed E-state index contributed by atoms with van der Waals surface area (Å²) in [7, 11) is 0. The molecule has 1 aliphatic rings. The molecule has 3 N–H and O–H groups in total. The Morgan fingerprint density at radius 2 is 2.36 bits per heavy atom. The van der Waals surface area contributed by atoms with Crippen LogP contribution in [-0.2, 0) is 0 Å². The predicted molar refractivity (Wildman–Crippen MR) is 53.3 cm³/mol. The number of aromatic nitrogens is 1. The van der Waals surface area contributed by atoms with Gasteiger partial charge in [-0.25, -0.2) is 0 Å². The molecule has 4 heteroatoms. The second-order valence-corrected chi connectivity index (χ2v) is 3.58. The van der Waals surface area contributed by atoms with Crippen LogP contribution in [0.2, 0.25) is 0 Å². The maximum atomic E-state index is 8.53. The predicted octanol–water partition coefficient (Wildman–Crippen LogP) is 1.44. The van der Waals surface area contributed by atoms with Crippen molar-refractivity contribution in [2.24, 2.45) is 10.9 Å². The summed E-state index contributed by atoms with van der Waals surface area (Å²) in [6, 6.07) is 3.65. The molecule has 1 aromatic rings. The van der Waals surface area contributed by atoms with E-state index in [4.69, 9.17) is 10.9 Å². The van der Waals surface area contributed by atoms with Gasteiger partial charge < -0.3 is 10.9 Å². The molecule has 0 radical (unpaired) electrons. The number of hydrogen-bond acceptors (Lipinski definition) is 3. The highest BCUT2D eigenvalue weighted by Crippen LogP contribution is 2.35. The van der Waals surface area contributed by atoms with Crippen LogP contribution in [0.4, 0.5) is 0 Å². The van der Waals surface area contributed by atoms with Gasteiger partial charge in [0.1, 0.15) is 0 Å². The van der Waals surface area contributed by atoms with Gasteiger partial charge in [0.2, 0.25) is 0 Å². The summed E-state index contributed by atoms with van der Waals surface area (Å²) in [4.78, 5) is 4.29. The van der Waals surface area contributed by atoms with Crippen molar-refractivity contribution in [3.63, 3.8) is 0 Å². The quantitative estimate of drug-likeness (QED) is 0.321. The molecule has 0 atom stereocenters. The lowest BCUT2D eigenvalue weighted by molar-refractivity contribution is 0.318. The normalized spacial score (nSPS) is 17.9. The Labute approximate surface area is 82.5 Å².